The van der Waals surface area contributed by atoms with Gasteiger partial charge in [0.05, 0.1) is 11.1 Å². The molecule has 0 fully saturated rings. The van der Waals surface area contributed by atoms with Crippen LogP contribution in [0.4, 0.5) is 0 Å². The highest BCUT2D eigenvalue weighted by atomic mass is 79.9. The Morgan fingerprint density at radius 2 is 2.29 bits per heavy atom. The monoisotopic (exact) mass is 330 g/mol. The summed E-state index contributed by atoms with van der Waals surface area (Å²) in [4.78, 5) is 4.02. The fourth-order valence-corrected chi connectivity index (χ4v) is 3.49. The molecule has 0 aromatic carbocycles. The zero-order valence-electron chi connectivity index (χ0n) is 9.28. The first-order valence-corrected chi connectivity index (χ1v) is 7.39. The Balaban J connectivity index is 2.43. The highest BCUT2D eigenvalue weighted by molar-refractivity contribution is 9.10. The Morgan fingerprint density at radius 3 is 2.88 bits per heavy atom. The van der Waals surface area contributed by atoms with E-state index in [1.165, 1.54) is 5.56 Å². The molecule has 2 aromatic heterocycles. The predicted molar refractivity (Wildman–Crippen MR) is 76.8 cm³/mol. The van der Waals surface area contributed by atoms with Gasteiger partial charge in [-0.05, 0) is 45.0 Å². The fraction of sp³-hybridized carbons (Fsp3) is 0.250. The molecule has 2 aromatic rings. The molecular formula is C12H12BrClN2S. The van der Waals surface area contributed by atoms with E-state index < -0.39 is 0 Å². The molecule has 17 heavy (non-hydrogen) atoms. The second kappa shape index (κ2) is 5.96. The third-order valence-corrected chi connectivity index (χ3v) is 4.54. The van der Waals surface area contributed by atoms with Crippen molar-refractivity contribution in [2.75, 3.05) is 6.54 Å². The van der Waals surface area contributed by atoms with Gasteiger partial charge >= 0.3 is 0 Å². The van der Waals surface area contributed by atoms with Gasteiger partial charge in [0, 0.05) is 22.2 Å². The lowest BCUT2D eigenvalue weighted by Crippen LogP contribution is -2.22. The van der Waals surface area contributed by atoms with Crippen LogP contribution in [0.2, 0.25) is 5.02 Å². The highest BCUT2D eigenvalue weighted by Gasteiger charge is 2.18. The van der Waals surface area contributed by atoms with Gasteiger partial charge < -0.3 is 5.32 Å². The van der Waals surface area contributed by atoms with Crippen LogP contribution < -0.4 is 5.32 Å². The summed E-state index contributed by atoms with van der Waals surface area (Å²) < 4.78 is 1.11. The molecule has 0 saturated carbocycles. The van der Waals surface area contributed by atoms with E-state index in [1.807, 2.05) is 6.07 Å². The maximum absolute atomic E-state index is 6.21. The summed E-state index contributed by atoms with van der Waals surface area (Å²) in [7, 11) is 0. The molecule has 0 spiro atoms. The number of halogens is 2. The smallest absolute Gasteiger partial charge is 0.0640 e. The van der Waals surface area contributed by atoms with E-state index >= 15 is 0 Å². The van der Waals surface area contributed by atoms with Gasteiger partial charge in [-0.2, -0.15) is 11.3 Å². The largest absolute Gasteiger partial charge is 0.306 e. The van der Waals surface area contributed by atoms with Crippen molar-refractivity contribution in [3.63, 3.8) is 0 Å². The summed E-state index contributed by atoms with van der Waals surface area (Å²) in [5.74, 6) is 0. The Morgan fingerprint density at radius 1 is 1.47 bits per heavy atom. The molecule has 0 radical (unpaired) electrons. The molecular weight excluding hydrogens is 320 g/mol. The van der Waals surface area contributed by atoms with Gasteiger partial charge in [0.1, 0.15) is 0 Å². The Hall–Kier alpha value is -0.420. The number of nitrogens with zero attached hydrogens (tertiary/aromatic N) is 1. The van der Waals surface area contributed by atoms with Gasteiger partial charge in [0.25, 0.3) is 0 Å². The van der Waals surface area contributed by atoms with Crippen LogP contribution >= 0.6 is 38.9 Å². The lowest BCUT2D eigenvalue weighted by atomic mass is 10.0. The van der Waals surface area contributed by atoms with Crippen LogP contribution in [0.3, 0.4) is 0 Å². The van der Waals surface area contributed by atoms with E-state index in [2.05, 4.69) is 43.9 Å². The van der Waals surface area contributed by atoms with E-state index in [0.717, 1.165) is 16.6 Å². The second-order valence-electron chi connectivity index (χ2n) is 3.56. The van der Waals surface area contributed by atoms with E-state index in [4.69, 9.17) is 11.6 Å². The molecule has 0 aliphatic rings. The Bertz CT molecular complexity index is 501. The molecule has 0 saturated heterocycles. The number of aromatic nitrogens is 1. The highest BCUT2D eigenvalue weighted by Crippen LogP contribution is 2.34. The summed E-state index contributed by atoms with van der Waals surface area (Å²) in [6, 6.07) is 2.07. The number of pyridine rings is 1. The van der Waals surface area contributed by atoms with Gasteiger partial charge in [-0.3, -0.25) is 4.98 Å². The van der Waals surface area contributed by atoms with Crippen molar-refractivity contribution in [1.82, 2.24) is 10.3 Å². The predicted octanol–water partition coefficient (Wildman–Crippen LogP) is 4.26. The first kappa shape index (κ1) is 13.0. The molecule has 0 aliphatic heterocycles. The molecule has 1 unspecified atom stereocenters. The SMILES string of the molecule is CCNC(c1ccncc1Cl)c1cscc1Br. The molecule has 0 amide bonds. The van der Waals surface area contributed by atoms with Crippen LogP contribution in [-0.2, 0) is 0 Å². The minimum absolute atomic E-state index is 0.108. The van der Waals surface area contributed by atoms with Crippen molar-refractivity contribution >= 4 is 38.9 Å². The fourth-order valence-electron chi connectivity index (χ4n) is 1.71. The topological polar surface area (TPSA) is 24.9 Å². The van der Waals surface area contributed by atoms with E-state index in [9.17, 15) is 0 Å². The first-order valence-electron chi connectivity index (χ1n) is 5.28. The third-order valence-electron chi connectivity index (χ3n) is 2.48. The maximum atomic E-state index is 6.21. The third kappa shape index (κ3) is 2.88. The van der Waals surface area contributed by atoms with Crippen LogP contribution in [-0.4, -0.2) is 11.5 Å². The van der Waals surface area contributed by atoms with Crippen LogP contribution in [0.5, 0.6) is 0 Å². The molecule has 1 atom stereocenters. The summed E-state index contributed by atoms with van der Waals surface area (Å²) in [6.45, 7) is 2.97. The average molecular weight is 332 g/mol. The standard InChI is InChI=1S/C12H12BrClN2S/c1-2-16-12(9-6-17-7-10(9)13)8-3-4-15-5-11(8)14/h3-7,12,16H,2H2,1H3. The minimum Gasteiger partial charge on any atom is -0.306 e. The molecule has 2 heterocycles. The van der Waals surface area contributed by atoms with E-state index in [0.29, 0.717) is 5.02 Å². The first-order chi connectivity index (χ1) is 8.24. The van der Waals surface area contributed by atoms with Gasteiger partial charge in [-0.1, -0.05) is 18.5 Å². The van der Waals surface area contributed by atoms with Gasteiger partial charge in [-0.15, -0.1) is 0 Å². The quantitative estimate of drug-likeness (QED) is 0.905. The van der Waals surface area contributed by atoms with Crippen molar-refractivity contribution in [3.8, 4) is 0 Å². The van der Waals surface area contributed by atoms with Gasteiger partial charge in [0.15, 0.2) is 0 Å². The minimum atomic E-state index is 0.108. The molecule has 0 bridgehead atoms. The van der Waals surface area contributed by atoms with Crippen molar-refractivity contribution in [3.05, 3.63) is 49.8 Å². The number of hydrogen-bond donors (Lipinski definition) is 1. The molecule has 5 heteroatoms. The van der Waals surface area contributed by atoms with Crippen LogP contribution in [0.15, 0.2) is 33.7 Å². The van der Waals surface area contributed by atoms with Crippen LogP contribution in [0.1, 0.15) is 24.1 Å². The maximum Gasteiger partial charge on any atom is 0.0640 e. The van der Waals surface area contributed by atoms with E-state index in [-0.39, 0.29) is 6.04 Å². The second-order valence-corrected chi connectivity index (χ2v) is 5.57. The van der Waals surface area contributed by atoms with Crippen LogP contribution in [0.25, 0.3) is 0 Å². The number of nitrogens with one attached hydrogen (secondary N) is 1. The summed E-state index contributed by atoms with van der Waals surface area (Å²) >= 11 is 11.5. The van der Waals surface area contributed by atoms with Gasteiger partial charge in [0.2, 0.25) is 0 Å². The van der Waals surface area contributed by atoms with Crippen molar-refractivity contribution in [2.45, 2.75) is 13.0 Å². The summed E-state index contributed by atoms with van der Waals surface area (Å²) in [6.07, 6.45) is 3.45. The molecule has 2 nitrogen and oxygen atoms in total. The average Bonchev–Trinajstić information content (AvgIpc) is 2.74. The molecule has 2 rings (SSSR count). The van der Waals surface area contributed by atoms with Gasteiger partial charge in [-0.25, -0.2) is 0 Å². The number of rotatable bonds is 4. The zero-order valence-corrected chi connectivity index (χ0v) is 12.4. The summed E-state index contributed by atoms with van der Waals surface area (Å²) in [5, 5.41) is 8.35. The van der Waals surface area contributed by atoms with Crippen LogP contribution in [0, 0.1) is 0 Å². The van der Waals surface area contributed by atoms with E-state index in [1.54, 1.807) is 23.7 Å². The lowest BCUT2D eigenvalue weighted by Gasteiger charge is -2.19. The Kier molecular flexibility index (Phi) is 4.56. The van der Waals surface area contributed by atoms with Crippen molar-refractivity contribution in [1.29, 1.82) is 0 Å². The normalized spacial score (nSPS) is 12.6. The summed E-state index contributed by atoms with van der Waals surface area (Å²) in [5.41, 5.74) is 2.27. The number of hydrogen-bond acceptors (Lipinski definition) is 3. The molecule has 1 N–H and O–H groups in total. The molecule has 90 valence electrons. The van der Waals surface area contributed by atoms with Crippen molar-refractivity contribution in [2.24, 2.45) is 0 Å². The van der Waals surface area contributed by atoms with Crippen molar-refractivity contribution < 1.29 is 0 Å². The lowest BCUT2D eigenvalue weighted by molar-refractivity contribution is 0.630. The zero-order chi connectivity index (χ0) is 12.3. The Labute approximate surface area is 118 Å². The molecule has 0 aliphatic carbocycles. The number of thiophene rings is 1.